The smallest absolute Gasteiger partial charge is 0.270 e. The van der Waals surface area contributed by atoms with Gasteiger partial charge < -0.3 is 14.8 Å². The Bertz CT molecular complexity index is 1290. The van der Waals surface area contributed by atoms with Gasteiger partial charge in [0.05, 0.1) is 10.00 Å². The van der Waals surface area contributed by atoms with Crippen molar-refractivity contribution in [1.82, 2.24) is 14.8 Å². The monoisotopic (exact) mass is 473 g/mol. The second-order valence-corrected chi connectivity index (χ2v) is 11.7. The van der Waals surface area contributed by atoms with Crippen LogP contribution in [-0.4, -0.2) is 52.8 Å². The second kappa shape index (κ2) is 7.79. The molecule has 2 fully saturated rings. The first kappa shape index (κ1) is 21.8. The Kier molecular flexibility index (Phi) is 5.15. The Morgan fingerprint density at radius 2 is 1.76 bits per heavy atom. The molecule has 2 aliphatic carbocycles. The van der Waals surface area contributed by atoms with Gasteiger partial charge in [0, 0.05) is 26.2 Å². The first-order valence-electron chi connectivity index (χ1n) is 11.0. The zero-order chi connectivity index (χ0) is 23.4. The van der Waals surface area contributed by atoms with Gasteiger partial charge in [-0.25, -0.2) is 12.8 Å². The van der Waals surface area contributed by atoms with Crippen LogP contribution in [0.3, 0.4) is 0 Å². The molecule has 1 aromatic heterocycles. The van der Waals surface area contributed by atoms with Crippen molar-refractivity contribution in [3.8, 4) is 0 Å². The summed E-state index contributed by atoms with van der Waals surface area (Å²) in [5, 5.41) is 2.37. The number of sulfone groups is 1. The summed E-state index contributed by atoms with van der Waals surface area (Å²) in [5.74, 6) is -1.36. The summed E-state index contributed by atoms with van der Waals surface area (Å²) in [6, 6.07) is 8.42. The highest BCUT2D eigenvalue weighted by atomic mass is 32.2. The summed E-state index contributed by atoms with van der Waals surface area (Å²) in [4.78, 5) is 40.0. The molecular weight excluding hydrogens is 449 g/mol. The van der Waals surface area contributed by atoms with Gasteiger partial charge in [-0.2, -0.15) is 0 Å². The van der Waals surface area contributed by atoms with E-state index in [0.717, 1.165) is 0 Å². The topological polar surface area (TPSA) is 106 Å². The lowest BCUT2D eigenvalue weighted by atomic mass is 10.1. The molecule has 2 saturated carbocycles. The maximum absolute atomic E-state index is 13.0. The number of amides is 2. The van der Waals surface area contributed by atoms with E-state index >= 15 is 0 Å². The van der Waals surface area contributed by atoms with Gasteiger partial charge in [-0.1, -0.05) is 12.1 Å². The zero-order valence-electron chi connectivity index (χ0n) is 17.9. The van der Waals surface area contributed by atoms with Crippen molar-refractivity contribution in [2.45, 2.75) is 48.8 Å². The van der Waals surface area contributed by atoms with Crippen LogP contribution in [0.25, 0.3) is 0 Å². The van der Waals surface area contributed by atoms with Crippen molar-refractivity contribution in [3.63, 3.8) is 0 Å². The van der Waals surface area contributed by atoms with Crippen molar-refractivity contribution >= 4 is 21.7 Å². The van der Waals surface area contributed by atoms with Gasteiger partial charge in [0.25, 0.3) is 17.4 Å². The van der Waals surface area contributed by atoms with Crippen molar-refractivity contribution in [1.29, 1.82) is 0 Å². The van der Waals surface area contributed by atoms with E-state index < -0.39 is 32.0 Å². The third-order valence-corrected chi connectivity index (χ3v) is 9.83. The molecule has 5 rings (SSSR count). The summed E-state index contributed by atoms with van der Waals surface area (Å²) in [6.07, 6.45) is 2.52. The first-order valence-corrected chi connectivity index (χ1v) is 12.6. The molecule has 8 nitrogen and oxygen atoms in total. The third kappa shape index (κ3) is 3.86. The van der Waals surface area contributed by atoms with E-state index in [1.165, 1.54) is 33.7 Å². The van der Waals surface area contributed by atoms with Gasteiger partial charge in [-0.3, -0.25) is 14.4 Å². The van der Waals surface area contributed by atoms with E-state index in [1.807, 2.05) is 0 Å². The Balaban J connectivity index is 1.31. The van der Waals surface area contributed by atoms with Crippen LogP contribution in [0.5, 0.6) is 0 Å². The fourth-order valence-corrected chi connectivity index (χ4v) is 6.90. The lowest BCUT2D eigenvalue weighted by molar-refractivity contribution is 0.0695. The summed E-state index contributed by atoms with van der Waals surface area (Å²) < 4.78 is 39.1. The lowest BCUT2D eigenvalue weighted by Crippen LogP contribution is -2.50. The number of rotatable bonds is 7. The van der Waals surface area contributed by atoms with E-state index in [0.29, 0.717) is 31.2 Å². The molecule has 33 heavy (non-hydrogen) atoms. The maximum atomic E-state index is 13.0. The normalized spacial score (nSPS) is 19.2. The van der Waals surface area contributed by atoms with E-state index in [1.54, 1.807) is 12.1 Å². The minimum Gasteiger partial charge on any atom is -0.348 e. The van der Waals surface area contributed by atoms with Crippen molar-refractivity contribution in [2.75, 3.05) is 13.1 Å². The quantitative estimate of drug-likeness (QED) is 0.656. The highest BCUT2D eigenvalue weighted by Crippen LogP contribution is 2.50. The molecule has 10 heteroatoms. The zero-order valence-corrected chi connectivity index (χ0v) is 18.7. The predicted molar refractivity (Wildman–Crippen MR) is 118 cm³/mol. The van der Waals surface area contributed by atoms with Crippen LogP contribution in [0.15, 0.2) is 41.2 Å². The Hall–Kier alpha value is -3.01. The number of nitrogens with one attached hydrogen (secondary N) is 1. The Morgan fingerprint density at radius 1 is 1.06 bits per heavy atom. The summed E-state index contributed by atoms with van der Waals surface area (Å²) >= 11 is 0. The fraction of sp³-hybridized carbons (Fsp3) is 0.435. The van der Waals surface area contributed by atoms with Gasteiger partial charge in [0.15, 0.2) is 9.84 Å². The van der Waals surface area contributed by atoms with Crippen LogP contribution in [0.1, 0.15) is 52.1 Å². The Morgan fingerprint density at radius 3 is 2.39 bits per heavy atom. The van der Waals surface area contributed by atoms with E-state index in [9.17, 15) is 27.2 Å². The predicted octanol–water partition coefficient (Wildman–Crippen LogP) is 1.48. The molecule has 0 bridgehead atoms. The van der Waals surface area contributed by atoms with E-state index in [2.05, 4.69) is 5.32 Å². The van der Waals surface area contributed by atoms with Crippen molar-refractivity contribution in [3.05, 3.63) is 69.4 Å². The standard InChI is InChI=1S/C23H24FN3O5S/c24-16-3-1-15(2-4-16)13-25-20(28)18-7-8-19-22(30)26(11-12-27(19)21(18)29)14-23(9-10-23)33(31,32)17-5-6-17/h1-4,7-8,17H,5-6,9-14H2,(H,25,28). The molecule has 0 atom stereocenters. The number of carbonyl (C=O) groups excluding carboxylic acids is 2. The Labute approximate surface area is 190 Å². The molecule has 3 aliphatic rings. The average molecular weight is 474 g/mol. The molecule has 0 unspecified atom stereocenters. The van der Waals surface area contributed by atoms with Crippen LogP contribution in [0, 0.1) is 5.82 Å². The van der Waals surface area contributed by atoms with Crippen LogP contribution in [0.2, 0.25) is 0 Å². The number of hydrogen-bond donors (Lipinski definition) is 1. The van der Waals surface area contributed by atoms with E-state index in [-0.39, 0.29) is 48.5 Å². The molecule has 1 aromatic carbocycles. The van der Waals surface area contributed by atoms with Crippen LogP contribution >= 0.6 is 0 Å². The molecule has 2 heterocycles. The molecule has 2 amide bonds. The minimum absolute atomic E-state index is 0.0860. The number of halogens is 1. The molecule has 1 aliphatic heterocycles. The summed E-state index contributed by atoms with van der Waals surface area (Å²) in [5.41, 5.74) is 0.186. The number of pyridine rings is 1. The molecule has 0 radical (unpaired) electrons. The number of hydrogen-bond acceptors (Lipinski definition) is 5. The number of fused-ring (bicyclic) bond motifs is 1. The molecule has 0 spiro atoms. The minimum atomic E-state index is -3.25. The van der Waals surface area contributed by atoms with Crippen molar-refractivity contribution < 1.29 is 22.4 Å². The molecular formula is C23H24FN3O5S. The summed E-state index contributed by atoms with van der Waals surface area (Å²) in [6.45, 7) is 0.691. The number of aromatic nitrogens is 1. The van der Waals surface area contributed by atoms with Gasteiger partial charge >= 0.3 is 0 Å². The molecule has 174 valence electrons. The highest BCUT2D eigenvalue weighted by molar-refractivity contribution is 7.94. The average Bonchev–Trinajstić information content (AvgIpc) is 3.69. The largest absolute Gasteiger partial charge is 0.348 e. The summed E-state index contributed by atoms with van der Waals surface area (Å²) in [7, 11) is -3.25. The molecule has 1 N–H and O–H groups in total. The van der Waals surface area contributed by atoms with Crippen LogP contribution < -0.4 is 10.9 Å². The highest BCUT2D eigenvalue weighted by Gasteiger charge is 2.60. The third-order valence-electron chi connectivity index (χ3n) is 6.74. The molecule has 2 aromatic rings. The fourth-order valence-electron chi connectivity index (χ4n) is 4.43. The van der Waals surface area contributed by atoms with Gasteiger partial charge in [-0.15, -0.1) is 0 Å². The lowest BCUT2D eigenvalue weighted by Gasteiger charge is -2.32. The number of benzene rings is 1. The van der Waals surface area contributed by atoms with E-state index in [4.69, 9.17) is 0 Å². The number of nitrogens with zero attached hydrogens (tertiary/aromatic N) is 2. The van der Waals surface area contributed by atoms with Gasteiger partial charge in [0.1, 0.15) is 17.1 Å². The second-order valence-electron chi connectivity index (χ2n) is 9.05. The van der Waals surface area contributed by atoms with Crippen LogP contribution in [0.4, 0.5) is 4.39 Å². The number of carbonyl (C=O) groups is 2. The SMILES string of the molecule is O=C(NCc1ccc(F)cc1)c1ccc2n(c1=O)CCN(CC1(S(=O)(=O)C3CC3)CC1)C2=O. The van der Waals surface area contributed by atoms with Gasteiger partial charge in [-0.05, 0) is 55.5 Å². The maximum Gasteiger partial charge on any atom is 0.270 e. The van der Waals surface area contributed by atoms with Gasteiger partial charge in [0.2, 0.25) is 0 Å². The van der Waals surface area contributed by atoms with Crippen LogP contribution in [-0.2, 0) is 22.9 Å². The molecule has 0 saturated heterocycles. The first-order chi connectivity index (χ1) is 15.7. The van der Waals surface area contributed by atoms with Crippen molar-refractivity contribution in [2.24, 2.45) is 0 Å².